The number of fused-ring (bicyclic) bond motifs is 1. The van der Waals surface area contributed by atoms with E-state index in [1.165, 1.54) is 0 Å². The molecule has 2 rings (SSSR count). The zero-order chi connectivity index (χ0) is 12.6. The summed E-state index contributed by atoms with van der Waals surface area (Å²) in [6.45, 7) is 5.59. The van der Waals surface area contributed by atoms with E-state index in [9.17, 15) is 4.79 Å². The summed E-state index contributed by atoms with van der Waals surface area (Å²) in [5.74, 6) is 0.307. The molecule has 0 aliphatic rings. The fourth-order valence-corrected chi connectivity index (χ4v) is 1.62. The average molecular weight is 236 g/mol. The summed E-state index contributed by atoms with van der Waals surface area (Å²) in [5, 5.41) is 13.1. The lowest BCUT2D eigenvalue weighted by molar-refractivity contribution is 0.145. The number of ether oxygens (including phenoxy) is 1. The quantitative estimate of drug-likeness (QED) is 0.807. The molecule has 2 aromatic heterocycles. The van der Waals surface area contributed by atoms with Crippen LogP contribution in [0.2, 0.25) is 0 Å². The van der Waals surface area contributed by atoms with Crippen LogP contribution in [0, 0.1) is 6.92 Å². The molecular weight excluding hydrogens is 224 g/mol. The van der Waals surface area contributed by atoms with Gasteiger partial charge < -0.3 is 14.4 Å². The minimum absolute atomic E-state index is 0.0944. The van der Waals surface area contributed by atoms with Gasteiger partial charge in [-0.2, -0.15) is 0 Å². The first-order valence-electron chi connectivity index (χ1n) is 5.16. The highest BCUT2D eigenvalue weighted by Gasteiger charge is 2.19. The van der Waals surface area contributed by atoms with E-state index < -0.39 is 6.16 Å². The van der Waals surface area contributed by atoms with E-state index in [2.05, 4.69) is 10.1 Å². The minimum Gasteiger partial charge on any atom is -0.449 e. The van der Waals surface area contributed by atoms with Crippen molar-refractivity contribution in [2.24, 2.45) is 0 Å². The highest BCUT2D eigenvalue weighted by atomic mass is 16.7. The van der Waals surface area contributed by atoms with Gasteiger partial charge in [-0.05, 0) is 12.8 Å². The number of aryl methyl sites for hydroxylation is 1. The Morgan fingerprint density at radius 3 is 2.82 bits per heavy atom. The fourth-order valence-electron chi connectivity index (χ4n) is 1.62. The van der Waals surface area contributed by atoms with Gasteiger partial charge in [0.15, 0.2) is 5.75 Å². The first-order chi connectivity index (χ1) is 7.99. The van der Waals surface area contributed by atoms with Crippen molar-refractivity contribution in [2.75, 3.05) is 0 Å². The maximum Gasteiger partial charge on any atom is 0.511 e. The SMILES string of the molecule is Cc1cc(OC(=O)O)c2c(C(C)C)noc2n1. The van der Waals surface area contributed by atoms with Crippen LogP contribution in [-0.2, 0) is 0 Å². The Balaban J connectivity index is 2.69. The normalized spacial score (nSPS) is 11.1. The van der Waals surface area contributed by atoms with Gasteiger partial charge in [0, 0.05) is 11.8 Å². The number of carboxylic acid groups (broad SMARTS) is 1. The molecule has 17 heavy (non-hydrogen) atoms. The van der Waals surface area contributed by atoms with Crippen LogP contribution in [0.5, 0.6) is 5.75 Å². The van der Waals surface area contributed by atoms with Crippen LogP contribution in [0.15, 0.2) is 10.6 Å². The molecular formula is C11H12N2O4. The second-order valence-electron chi connectivity index (χ2n) is 4.03. The molecule has 0 aliphatic carbocycles. The van der Waals surface area contributed by atoms with Gasteiger partial charge in [-0.3, -0.25) is 0 Å². The third-order valence-corrected chi connectivity index (χ3v) is 2.31. The lowest BCUT2D eigenvalue weighted by Crippen LogP contribution is -2.04. The first-order valence-corrected chi connectivity index (χ1v) is 5.16. The van der Waals surface area contributed by atoms with E-state index in [0.29, 0.717) is 22.5 Å². The summed E-state index contributed by atoms with van der Waals surface area (Å²) in [6, 6.07) is 1.56. The van der Waals surface area contributed by atoms with Crippen molar-refractivity contribution >= 4 is 17.3 Å². The van der Waals surface area contributed by atoms with Gasteiger partial charge in [0.1, 0.15) is 5.39 Å². The molecule has 1 N–H and O–H groups in total. The molecule has 90 valence electrons. The maximum atomic E-state index is 10.6. The minimum atomic E-state index is -1.37. The molecule has 0 radical (unpaired) electrons. The van der Waals surface area contributed by atoms with Crippen LogP contribution in [-0.4, -0.2) is 21.4 Å². The summed E-state index contributed by atoms with van der Waals surface area (Å²) in [7, 11) is 0. The second kappa shape index (κ2) is 4.04. The summed E-state index contributed by atoms with van der Waals surface area (Å²) in [4.78, 5) is 14.8. The predicted octanol–water partition coefficient (Wildman–Crippen LogP) is 2.71. The van der Waals surface area contributed by atoms with Crippen LogP contribution in [0.4, 0.5) is 4.79 Å². The number of pyridine rings is 1. The largest absolute Gasteiger partial charge is 0.511 e. The Labute approximate surface area is 97.2 Å². The number of nitrogens with zero attached hydrogens (tertiary/aromatic N) is 2. The van der Waals surface area contributed by atoms with Gasteiger partial charge >= 0.3 is 6.16 Å². The molecule has 2 aromatic rings. The second-order valence-corrected chi connectivity index (χ2v) is 4.03. The molecule has 0 aromatic carbocycles. The molecule has 0 saturated heterocycles. The van der Waals surface area contributed by atoms with Crippen molar-refractivity contribution < 1.29 is 19.2 Å². The molecule has 0 bridgehead atoms. The molecule has 6 nitrogen and oxygen atoms in total. The highest BCUT2D eigenvalue weighted by Crippen LogP contribution is 2.32. The Bertz CT molecular complexity index is 574. The van der Waals surface area contributed by atoms with Crippen molar-refractivity contribution in [3.63, 3.8) is 0 Å². The summed E-state index contributed by atoms with van der Waals surface area (Å²) < 4.78 is 9.81. The average Bonchev–Trinajstić information content (AvgIpc) is 2.59. The zero-order valence-electron chi connectivity index (χ0n) is 9.72. The van der Waals surface area contributed by atoms with Crippen LogP contribution >= 0.6 is 0 Å². The monoisotopic (exact) mass is 236 g/mol. The molecule has 0 aliphatic heterocycles. The topological polar surface area (TPSA) is 85.5 Å². The Morgan fingerprint density at radius 1 is 1.53 bits per heavy atom. The molecule has 2 heterocycles. The Kier molecular flexibility index (Phi) is 2.71. The van der Waals surface area contributed by atoms with Crippen molar-refractivity contribution in [3.05, 3.63) is 17.5 Å². The van der Waals surface area contributed by atoms with Gasteiger partial charge in [-0.15, -0.1) is 0 Å². The van der Waals surface area contributed by atoms with Gasteiger partial charge in [-0.25, -0.2) is 9.78 Å². The van der Waals surface area contributed by atoms with E-state index >= 15 is 0 Å². The molecule has 0 fully saturated rings. The molecule has 0 atom stereocenters. The summed E-state index contributed by atoms with van der Waals surface area (Å²) >= 11 is 0. The number of carbonyl (C=O) groups is 1. The van der Waals surface area contributed by atoms with Crippen LogP contribution < -0.4 is 4.74 Å². The lowest BCUT2D eigenvalue weighted by atomic mass is 10.1. The molecule has 0 saturated carbocycles. The molecule has 0 amide bonds. The van der Waals surface area contributed by atoms with E-state index in [4.69, 9.17) is 14.4 Å². The Hall–Kier alpha value is -2.11. The van der Waals surface area contributed by atoms with Crippen LogP contribution in [0.25, 0.3) is 11.1 Å². The third-order valence-electron chi connectivity index (χ3n) is 2.31. The molecule has 6 heteroatoms. The standard InChI is InChI=1S/C11H12N2O4/c1-5(2)9-8-7(16-11(14)15)4-6(3)12-10(8)17-13-9/h4-5H,1-3H3,(H,14,15). The van der Waals surface area contributed by atoms with Crippen molar-refractivity contribution in [1.82, 2.24) is 10.1 Å². The first kappa shape index (κ1) is 11.4. The smallest absolute Gasteiger partial charge is 0.449 e. The maximum absolute atomic E-state index is 10.6. The van der Waals surface area contributed by atoms with Crippen molar-refractivity contribution in [3.8, 4) is 5.75 Å². The number of hydrogen-bond acceptors (Lipinski definition) is 5. The van der Waals surface area contributed by atoms with Gasteiger partial charge in [0.05, 0.1) is 5.69 Å². The molecule has 0 spiro atoms. The predicted molar refractivity (Wildman–Crippen MR) is 59.3 cm³/mol. The highest BCUT2D eigenvalue weighted by molar-refractivity contribution is 5.85. The number of hydrogen-bond donors (Lipinski definition) is 1. The van der Waals surface area contributed by atoms with E-state index in [1.807, 2.05) is 13.8 Å². The Morgan fingerprint density at radius 2 is 2.24 bits per heavy atom. The number of aromatic nitrogens is 2. The van der Waals surface area contributed by atoms with Gasteiger partial charge in [0.2, 0.25) is 0 Å². The van der Waals surface area contributed by atoms with Crippen molar-refractivity contribution in [2.45, 2.75) is 26.7 Å². The van der Waals surface area contributed by atoms with Crippen molar-refractivity contribution in [1.29, 1.82) is 0 Å². The fraction of sp³-hybridized carbons (Fsp3) is 0.364. The van der Waals surface area contributed by atoms with E-state index in [1.54, 1.807) is 13.0 Å². The third kappa shape index (κ3) is 2.06. The molecule has 0 unspecified atom stereocenters. The van der Waals surface area contributed by atoms with E-state index in [0.717, 1.165) is 0 Å². The van der Waals surface area contributed by atoms with Gasteiger partial charge in [0.25, 0.3) is 5.71 Å². The number of rotatable bonds is 2. The van der Waals surface area contributed by atoms with Gasteiger partial charge in [-0.1, -0.05) is 19.0 Å². The summed E-state index contributed by atoms with van der Waals surface area (Å²) in [5.41, 5.74) is 1.55. The van der Waals surface area contributed by atoms with Crippen LogP contribution in [0.1, 0.15) is 31.2 Å². The summed E-state index contributed by atoms with van der Waals surface area (Å²) in [6.07, 6.45) is -1.37. The zero-order valence-corrected chi connectivity index (χ0v) is 9.72. The lowest BCUT2D eigenvalue weighted by Gasteiger charge is -2.04. The van der Waals surface area contributed by atoms with E-state index in [-0.39, 0.29) is 11.7 Å². The van der Waals surface area contributed by atoms with Crippen LogP contribution in [0.3, 0.4) is 0 Å².